The van der Waals surface area contributed by atoms with Crippen molar-refractivity contribution < 1.29 is 9.90 Å². The van der Waals surface area contributed by atoms with Crippen molar-refractivity contribution in [1.29, 1.82) is 0 Å². The van der Waals surface area contributed by atoms with Gasteiger partial charge < -0.3 is 9.67 Å². The summed E-state index contributed by atoms with van der Waals surface area (Å²) in [6.45, 7) is 4.67. The zero-order valence-electron chi connectivity index (χ0n) is 11.3. The lowest BCUT2D eigenvalue weighted by Crippen LogP contribution is -2.03. The number of nitrogens with zero attached hydrogens (tertiary/aromatic N) is 2. The van der Waals surface area contributed by atoms with E-state index in [1.165, 1.54) is 17.3 Å². The van der Waals surface area contributed by atoms with E-state index in [1.807, 2.05) is 36.6 Å². The number of benzene rings is 1. The Labute approximate surface area is 126 Å². The number of hydrogen-bond donors (Lipinski definition) is 1. The number of aromatic nitrogens is 2. The van der Waals surface area contributed by atoms with Crippen molar-refractivity contribution in [2.24, 2.45) is 0 Å². The summed E-state index contributed by atoms with van der Waals surface area (Å²) in [6, 6.07) is 5.54. The third-order valence-electron chi connectivity index (χ3n) is 2.69. The molecule has 1 N–H and O–H groups in total. The van der Waals surface area contributed by atoms with E-state index in [1.54, 1.807) is 0 Å². The molecule has 0 saturated heterocycles. The predicted molar refractivity (Wildman–Crippen MR) is 82.5 cm³/mol. The molecule has 0 fully saturated rings. The number of fused-ring (bicyclic) bond motifs is 1. The van der Waals surface area contributed by atoms with Crippen molar-refractivity contribution >= 4 is 40.4 Å². The second kappa shape index (κ2) is 6.33. The van der Waals surface area contributed by atoms with Crippen LogP contribution >= 0.6 is 23.4 Å². The molecule has 0 spiro atoms. The minimum Gasteiger partial charge on any atom is -0.481 e. The lowest BCUT2D eigenvalue weighted by atomic mass is 10.3. The Morgan fingerprint density at radius 1 is 1.50 bits per heavy atom. The quantitative estimate of drug-likeness (QED) is 0.673. The van der Waals surface area contributed by atoms with Gasteiger partial charge in [-0.3, -0.25) is 4.79 Å². The average molecular weight is 311 g/mol. The van der Waals surface area contributed by atoms with Gasteiger partial charge in [-0.2, -0.15) is 0 Å². The van der Waals surface area contributed by atoms with E-state index in [0.29, 0.717) is 16.7 Å². The van der Waals surface area contributed by atoms with Crippen molar-refractivity contribution in [3.63, 3.8) is 0 Å². The molecule has 0 aliphatic carbocycles. The van der Waals surface area contributed by atoms with Crippen molar-refractivity contribution in [2.75, 3.05) is 5.75 Å². The van der Waals surface area contributed by atoms with E-state index < -0.39 is 5.97 Å². The van der Waals surface area contributed by atoms with Gasteiger partial charge in [0.2, 0.25) is 0 Å². The molecule has 0 saturated carbocycles. The van der Waals surface area contributed by atoms with E-state index in [4.69, 9.17) is 16.7 Å². The first-order valence-electron chi connectivity index (χ1n) is 6.11. The van der Waals surface area contributed by atoms with Gasteiger partial charge >= 0.3 is 5.97 Å². The first-order chi connectivity index (χ1) is 9.49. The highest BCUT2D eigenvalue weighted by Gasteiger charge is 2.14. The molecule has 0 atom stereocenters. The SMILES string of the molecule is CC(C)=CCn1c(SCC(=O)O)nc2cccc(Cl)c21. The number of para-hydroxylation sites is 1. The van der Waals surface area contributed by atoms with Gasteiger partial charge in [-0.05, 0) is 26.0 Å². The summed E-state index contributed by atoms with van der Waals surface area (Å²) >= 11 is 7.45. The van der Waals surface area contributed by atoms with Gasteiger partial charge in [-0.25, -0.2) is 4.98 Å². The predicted octanol–water partition coefficient (Wildman–Crippen LogP) is 3.83. The van der Waals surface area contributed by atoms with Crippen molar-refractivity contribution in [2.45, 2.75) is 25.5 Å². The summed E-state index contributed by atoms with van der Waals surface area (Å²) < 4.78 is 1.96. The molecule has 20 heavy (non-hydrogen) atoms. The van der Waals surface area contributed by atoms with Gasteiger partial charge in [-0.15, -0.1) is 0 Å². The minimum absolute atomic E-state index is 0.0181. The van der Waals surface area contributed by atoms with Crippen LogP contribution in [-0.4, -0.2) is 26.4 Å². The molecule has 6 heteroatoms. The summed E-state index contributed by atoms with van der Waals surface area (Å²) in [5.41, 5.74) is 2.82. The van der Waals surface area contributed by atoms with Crippen LogP contribution in [0.2, 0.25) is 5.02 Å². The molecule has 2 rings (SSSR count). The van der Waals surface area contributed by atoms with Crippen molar-refractivity contribution in [3.05, 3.63) is 34.9 Å². The Kier molecular flexibility index (Phi) is 4.73. The van der Waals surface area contributed by atoms with Crippen molar-refractivity contribution in [3.8, 4) is 0 Å². The molecular formula is C14H15ClN2O2S. The smallest absolute Gasteiger partial charge is 0.313 e. The summed E-state index contributed by atoms with van der Waals surface area (Å²) in [7, 11) is 0. The zero-order chi connectivity index (χ0) is 14.7. The molecule has 1 aromatic heterocycles. The van der Waals surface area contributed by atoms with Crippen LogP contribution in [-0.2, 0) is 11.3 Å². The third-order valence-corrected chi connectivity index (χ3v) is 3.96. The Hall–Kier alpha value is -1.46. The Morgan fingerprint density at radius 2 is 2.25 bits per heavy atom. The van der Waals surface area contributed by atoms with Gasteiger partial charge in [0.15, 0.2) is 5.16 Å². The molecule has 0 aliphatic heterocycles. The zero-order valence-corrected chi connectivity index (χ0v) is 12.8. The summed E-state index contributed by atoms with van der Waals surface area (Å²) in [5, 5.41) is 10.1. The Bertz CT molecular complexity index is 675. The largest absolute Gasteiger partial charge is 0.481 e. The van der Waals surface area contributed by atoms with Gasteiger partial charge in [0, 0.05) is 6.54 Å². The van der Waals surface area contributed by atoms with Crippen LogP contribution in [0.25, 0.3) is 11.0 Å². The number of thioether (sulfide) groups is 1. The highest BCUT2D eigenvalue weighted by molar-refractivity contribution is 7.99. The monoisotopic (exact) mass is 310 g/mol. The topological polar surface area (TPSA) is 55.1 Å². The fourth-order valence-electron chi connectivity index (χ4n) is 1.80. The van der Waals surface area contributed by atoms with Crippen LogP contribution < -0.4 is 0 Å². The number of allylic oxidation sites excluding steroid dienone is 2. The lowest BCUT2D eigenvalue weighted by Gasteiger charge is -2.06. The lowest BCUT2D eigenvalue weighted by molar-refractivity contribution is -0.133. The fourth-order valence-corrected chi connectivity index (χ4v) is 2.81. The molecule has 2 aromatic rings. The van der Waals surface area contributed by atoms with Gasteiger partial charge in [0.1, 0.15) is 0 Å². The van der Waals surface area contributed by atoms with E-state index in [9.17, 15) is 4.79 Å². The molecule has 0 aliphatic rings. The van der Waals surface area contributed by atoms with E-state index in [-0.39, 0.29) is 5.75 Å². The molecule has 0 amide bonds. The molecule has 0 unspecified atom stereocenters. The van der Waals surface area contributed by atoms with E-state index in [0.717, 1.165) is 11.0 Å². The molecular weight excluding hydrogens is 296 g/mol. The average Bonchev–Trinajstić information content (AvgIpc) is 2.73. The first-order valence-corrected chi connectivity index (χ1v) is 7.48. The maximum atomic E-state index is 10.7. The molecule has 0 bridgehead atoms. The van der Waals surface area contributed by atoms with Gasteiger partial charge in [-0.1, -0.05) is 41.1 Å². The highest BCUT2D eigenvalue weighted by atomic mass is 35.5. The van der Waals surface area contributed by atoms with E-state index in [2.05, 4.69) is 11.1 Å². The molecule has 1 aromatic carbocycles. The molecule has 0 radical (unpaired) electrons. The summed E-state index contributed by atoms with van der Waals surface area (Å²) in [5.74, 6) is -0.877. The standard InChI is InChI=1S/C14H15ClN2O2S/c1-9(2)6-7-17-13-10(15)4-3-5-11(13)16-14(17)20-8-12(18)19/h3-6H,7-8H2,1-2H3,(H,18,19). The van der Waals surface area contributed by atoms with Crippen LogP contribution in [0.15, 0.2) is 35.0 Å². The van der Waals surface area contributed by atoms with Crippen LogP contribution in [0.5, 0.6) is 0 Å². The number of hydrogen-bond acceptors (Lipinski definition) is 3. The van der Waals surface area contributed by atoms with Crippen molar-refractivity contribution in [1.82, 2.24) is 9.55 Å². The number of imidazole rings is 1. The Morgan fingerprint density at radius 3 is 2.90 bits per heavy atom. The van der Waals surface area contributed by atoms with Crippen LogP contribution in [0, 0.1) is 0 Å². The number of aliphatic carboxylic acids is 1. The second-order valence-corrected chi connectivity index (χ2v) is 5.93. The maximum Gasteiger partial charge on any atom is 0.313 e. The number of carbonyl (C=O) groups is 1. The van der Waals surface area contributed by atoms with Crippen LogP contribution in [0.4, 0.5) is 0 Å². The Balaban J connectivity index is 2.49. The normalized spacial score (nSPS) is 10.8. The molecule has 106 valence electrons. The second-order valence-electron chi connectivity index (χ2n) is 4.58. The molecule has 1 heterocycles. The number of rotatable bonds is 5. The minimum atomic E-state index is -0.859. The van der Waals surface area contributed by atoms with Crippen LogP contribution in [0.3, 0.4) is 0 Å². The number of carboxylic acid groups (broad SMARTS) is 1. The fraction of sp³-hybridized carbons (Fsp3) is 0.286. The summed E-state index contributed by atoms with van der Waals surface area (Å²) in [4.78, 5) is 15.2. The maximum absolute atomic E-state index is 10.7. The number of halogens is 1. The third kappa shape index (κ3) is 3.35. The first kappa shape index (κ1) is 14.9. The van der Waals surface area contributed by atoms with E-state index >= 15 is 0 Å². The highest BCUT2D eigenvalue weighted by Crippen LogP contribution is 2.29. The van der Waals surface area contributed by atoms with Gasteiger partial charge in [0.25, 0.3) is 0 Å². The van der Waals surface area contributed by atoms with Gasteiger partial charge in [0.05, 0.1) is 21.8 Å². The number of carboxylic acids is 1. The summed E-state index contributed by atoms with van der Waals surface area (Å²) in [6.07, 6.45) is 2.06. The van der Waals surface area contributed by atoms with Crippen LogP contribution in [0.1, 0.15) is 13.8 Å². The molecule has 4 nitrogen and oxygen atoms in total.